The number of hydrogen-bond donors (Lipinski definition) is 1. The Balaban J connectivity index is 1.75. The Kier molecular flexibility index (Phi) is 4.06. The lowest BCUT2D eigenvalue weighted by molar-refractivity contribution is 0.102. The Hall–Kier alpha value is -2.07. The van der Waals surface area contributed by atoms with Gasteiger partial charge in [-0.25, -0.2) is 4.98 Å². The van der Waals surface area contributed by atoms with Crippen LogP contribution in [-0.2, 0) is 0 Å². The minimum atomic E-state index is -0.183. The van der Waals surface area contributed by atoms with Crippen molar-refractivity contribution < 1.29 is 4.79 Å². The number of halogens is 1. The molecule has 0 spiro atoms. The number of pyridine rings is 1. The Morgan fingerprint density at radius 2 is 2.00 bits per heavy atom. The summed E-state index contributed by atoms with van der Waals surface area (Å²) in [5.74, 6) is -0.183. The first-order chi connectivity index (χ1) is 10.2. The van der Waals surface area contributed by atoms with Crippen LogP contribution in [0.25, 0.3) is 0 Å². The van der Waals surface area contributed by atoms with Crippen molar-refractivity contribution >= 4 is 28.9 Å². The quantitative estimate of drug-likeness (QED) is 0.881. The van der Waals surface area contributed by atoms with E-state index in [0.29, 0.717) is 10.7 Å². The van der Waals surface area contributed by atoms with Crippen LogP contribution in [-0.4, -0.2) is 24.0 Å². The highest BCUT2D eigenvalue weighted by Gasteiger charge is 2.13. The van der Waals surface area contributed by atoms with Gasteiger partial charge >= 0.3 is 0 Å². The number of anilines is 2. The number of nitrogens with zero attached hydrogens (tertiary/aromatic N) is 2. The maximum absolute atomic E-state index is 12.2. The number of carbonyl (C=O) groups excluding carboxylic acids is 1. The van der Waals surface area contributed by atoms with Gasteiger partial charge in [-0.2, -0.15) is 0 Å². The van der Waals surface area contributed by atoms with Gasteiger partial charge in [0.2, 0.25) is 0 Å². The van der Waals surface area contributed by atoms with Crippen molar-refractivity contribution in [3.63, 3.8) is 0 Å². The molecule has 0 unspecified atom stereocenters. The molecule has 1 aliphatic heterocycles. The number of amides is 1. The SMILES string of the molecule is O=C(Nc1cccc(N2CCCC2)c1)c1ccnc(Cl)c1. The minimum absolute atomic E-state index is 0.183. The molecule has 1 N–H and O–H groups in total. The van der Waals surface area contributed by atoms with Crippen LogP contribution in [0.1, 0.15) is 23.2 Å². The Labute approximate surface area is 128 Å². The molecule has 1 aromatic heterocycles. The number of nitrogens with one attached hydrogen (secondary N) is 1. The van der Waals surface area contributed by atoms with E-state index in [9.17, 15) is 4.79 Å². The maximum Gasteiger partial charge on any atom is 0.255 e. The predicted molar refractivity (Wildman–Crippen MR) is 85.1 cm³/mol. The average Bonchev–Trinajstić information content (AvgIpc) is 3.02. The van der Waals surface area contributed by atoms with Crippen LogP contribution in [0.3, 0.4) is 0 Å². The molecule has 108 valence electrons. The summed E-state index contributed by atoms with van der Waals surface area (Å²) in [7, 11) is 0. The fraction of sp³-hybridized carbons (Fsp3) is 0.250. The lowest BCUT2D eigenvalue weighted by Gasteiger charge is -2.18. The van der Waals surface area contributed by atoms with E-state index in [1.54, 1.807) is 12.1 Å². The molecule has 4 nitrogen and oxygen atoms in total. The number of benzene rings is 1. The molecule has 1 amide bonds. The Morgan fingerprint density at radius 3 is 2.76 bits per heavy atom. The molecule has 3 rings (SSSR count). The van der Waals surface area contributed by atoms with Crippen LogP contribution in [0.4, 0.5) is 11.4 Å². The molecule has 2 aromatic rings. The van der Waals surface area contributed by atoms with Gasteiger partial charge in [0.1, 0.15) is 5.15 Å². The van der Waals surface area contributed by atoms with Gasteiger partial charge in [-0.15, -0.1) is 0 Å². The van der Waals surface area contributed by atoms with Crippen LogP contribution < -0.4 is 10.2 Å². The van der Waals surface area contributed by atoms with Gasteiger partial charge in [0, 0.05) is 36.2 Å². The fourth-order valence-electron chi connectivity index (χ4n) is 2.50. The number of aromatic nitrogens is 1. The summed E-state index contributed by atoms with van der Waals surface area (Å²) in [5.41, 5.74) is 2.44. The van der Waals surface area contributed by atoms with Crippen LogP contribution in [0.5, 0.6) is 0 Å². The highest BCUT2D eigenvalue weighted by atomic mass is 35.5. The second-order valence-electron chi connectivity index (χ2n) is 5.07. The average molecular weight is 302 g/mol. The second kappa shape index (κ2) is 6.14. The van der Waals surface area contributed by atoms with Gasteiger partial charge in [-0.3, -0.25) is 4.79 Å². The largest absolute Gasteiger partial charge is 0.371 e. The molecular weight excluding hydrogens is 286 g/mol. The van der Waals surface area contributed by atoms with E-state index in [4.69, 9.17) is 11.6 Å². The van der Waals surface area contributed by atoms with Crippen LogP contribution in [0.2, 0.25) is 5.15 Å². The molecule has 0 atom stereocenters. The van der Waals surface area contributed by atoms with Gasteiger partial charge in [-0.05, 0) is 43.2 Å². The molecule has 1 aromatic carbocycles. The third-order valence-corrected chi connectivity index (χ3v) is 3.77. The Bertz CT molecular complexity index is 653. The van der Waals surface area contributed by atoms with E-state index >= 15 is 0 Å². The van der Waals surface area contributed by atoms with E-state index in [2.05, 4.69) is 21.3 Å². The minimum Gasteiger partial charge on any atom is -0.371 e. The summed E-state index contributed by atoms with van der Waals surface area (Å²) in [6.07, 6.45) is 3.98. The molecule has 0 saturated carbocycles. The molecule has 1 fully saturated rings. The van der Waals surface area contributed by atoms with Crippen molar-refractivity contribution in [1.82, 2.24) is 4.98 Å². The van der Waals surface area contributed by atoms with Crippen molar-refractivity contribution in [2.75, 3.05) is 23.3 Å². The number of carbonyl (C=O) groups is 1. The maximum atomic E-state index is 12.2. The molecule has 5 heteroatoms. The summed E-state index contributed by atoms with van der Waals surface area (Å²) in [5, 5.41) is 3.21. The number of rotatable bonds is 3. The second-order valence-corrected chi connectivity index (χ2v) is 5.45. The molecule has 2 heterocycles. The molecule has 0 bridgehead atoms. The van der Waals surface area contributed by atoms with E-state index in [1.807, 2.05) is 18.2 Å². The molecule has 21 heavy (non-hydrogen) atoms. The van der Waals surface area contributed by atoms with E-state index < -0.39 is 0 Å². The van der Waals surface area contributed by atoms with Gasteiger partial charge in [0.05, 0.1) is 0 Å². The molecule has 0 radical (unpaired) electrons. The third-order valence-electron chi connectivity index (χ3n) is 3.56. The van der Waals surface area contributed by atoms with Gasteiger partial charge in [0.15, 0.2) is 0 Å². The zero-order valence-corrected chi connectivity index (χ0v) is 12.3. The predicted octanol–water partition coefficient (Wildman–Crippen LogP) is 3.59. The van der Waals surface area contributed by atoms with Crippen molar-refractivity contribution in [2.24, 2.45) is 0 Å². The third kappa shape index (κ3) is 3.34. The van der Waals surface area contributed by atoms with Crippen molar-refractivity contribution in [2.45, 2.75) is 12.8 Å². The van der Waals surface area contributed by atoms with Gasteiger partial charge in [-0.1, -0.05) is 17.7 Å². The standard InChI is InChI=1S/C16H16ClN3O/c17-15-10-12(6-7-18-15)16(21)19-13-4-3-5-14(11-13)20-8-1-2-9-20/h3-7,10-11H,1-2,8-9H2,(H,19,21). The Morgan fingerprint density at radius 1 is 1.19 bits per heavy atom. The molecule has 1 saturated heterocycles. The van der Waals surface area contributed by atoms with E-state index in [-0.39, 0.29) is 5.91 Å². The zero-order valence-electron chi connectivity index (χ0n) is 11.6. The van der Waals surface area contributed by atoms with Crippen LogP contribution in [0, 0.1) is 0 Å². The first kappa shape index (κ1) is 13.9. The van der Waals surface area contributed by atoms with Gasteiger partial charge < -0.3 is 10.2 Å². The van der Waals surface area contributed by atoms with Crippen molar-refractivity contribution in [3.8, 4) is 0 Å². The number of hydrogen-bond acceptors (Lipinski definition) is 3. The van der Waals surface area contributed by atoms with Crippen molar-refractivity contribution in [1.29, 1.82) is 0 Å². The molecular formula is C16H16ClN3O. The summed E-state index contributed by atoms with van der Waals surface area (Å²) in [4.78, 5) is 18.4. The van der Waals surface area contributed by atoms with E-state index in [0.717, 1.165) is 24.5 Å². The molecule has 1 aliphatic rings. The zero-order chi connectivity index (χ0) is 14.7. The first-order valence-corrected chi connectivity index (χ1v) is 7.38. The fourth-order valence-corrected chi connectivity index (χ4v) is 2.68. The topological polar surface area (TPSA) is 45.2 Å². The summed E-state index contributed by atoms with van der Waals surface area (Å²) in [6, 6.07) is 11.1. The highest BCUT2D eigenvalue weighted by molar-refractivity contribution is 6.29. The van der Waals surface area contributed by atoms with E-state index in [1.165, 1.54) is 19.0 Å². The lowest BCUT2D eigenvalue weighted by Crippen LogP contribution is -2.18. The summed E-state index contributed by atoms with van der Waals surface area (Å²) < 4.78 is 0. The normalized spacial score (nSPS) is 14.2. The smallest absolute Gasteiger partial charge is 0.255 e. The monoisotopic (exact) mass is 301 g/mol. The van der Waals surface area contributed by atoms with Crippen LogP contribution >= 0.6 is 11.6 Å². The first-order valence-electron chi connectivity index (χ1n) is 7.00. The van der Waals surface area contributed by atoms with Crippen LogP contribution in [0.15, 0.2) is 42.6 Å². The summed E-state index contributed by atoms with van der Waals surface area (Å²) in [6.45, 7) is 2.16. The van der Waals surface area contributed by atoms with Crippen molar-refractivity contribution in [3.05, 3.63) is 53.3 Å². The molecule has 0 aliphatic carbocycles. The lowest BCUT2D eigenvalue weighted by atomic mass is 10.2. The summed E-state index contributed by atoms with van der Waals surface area (Å²) >= 11 is 5.81. The van der Waals surface area contributed by atoms with Gasteiger partial charge in [0.25, 0.3) is 5.91 Å². The highest BCUT2D eigenvalue weighted by Crippen LogP contribution is 2.23.